The molecule has 1 heterocycles. The zero-order valence-corrected chi connectivity index (χ0v) is 12.3. The van der Waals surface area contributed by atoms with Crippen LogP contribution in [0.25, 0.3) is 0 Å². The highest BCUT2D eigenvalue weighted by Crippen LogP contribution is 2.25. The monoisotopic (exact) mass is 280 g/mol. The lowest BCUT2D eigenvalue weighted by molar-refractivity contribution is 0.475. The first-order chi connectivity index (χ1) is 10.2. The van der Waals surface area contributed by atoms with Gasteiger partial charge >= 0.3 is 0 Å². The van der Waals surface area contributed by atoms with Crippen molar-refractivity contribution in [3.63, 3.8) is 0 Å². The summed E-state index contributed by atoms with van der Waals surface area (Å²) in [6, 6.07) is 13.4. The van der Waals surface area contributed by atoms with E-state index in [1.54, 1.807) is 24.3 Å². The minimum absolute atomic E-state index is 0.264. The summed E-state index contributed by atoms with van der Waals surface area (Å²) >= 11 is 0. The lowest BCUT2D eigenvalue weighted by Crippen LogP contribution is -2.18. The first-order valence-electron chi connectivity index (χ1n) is 7.41. The molecule has 2 aromatic rings. The van der Waals surface area contributed by atoms with Gasteiger partial charge in [0, 0.05) is 25.0 Å². The van der Waals surface area contributed by atoms with E-state index in [-0.39, 0.29) is 5.75 Å². The van der Waals surface area contributed by atoms with Crippen LogP contribution in [-0.2, 0) is 0 Å². The quantitative estimate of drug-likeness (QED) is 0.861. The van der Waals surface area contributed by atoms with Crippen LogP contribution in [-0.4, -0.2) is 24.4 Å². The average Bonchev–Trinajstić information content (AvgIpc) is 3.01. The highest BCUT2D eigenvalue weighted by molar-refractivity contribution is 5.83. The number of aromatic hydroxyl groups is 1. The summed E-state index contributed by atoms with van der Waals surface area (Å²) in [5, 5.41) is 9.26. The van der Waals surface area contributed by atoms with Crippen LogP contribution in [0.1, 0.15) is 24.0 Å². The van der Waals surface area contributed by atoms with Gasteiger partial charge in [-0.25, -0.2) is 0 Å². The Morgan fingerprint density at radius 2 is 1.76 bits per heavy atom. The van der Waals surface area contributed by atoms with E-state index >= 15 is 0 Å². The molecule has 1 N–H and O–H groups in total. The lowest BCUT2D eigenvalue weighted by Gasteiger charge is -2.20. The van der Waals surface area contributed by atoms with Crippen molar-refractivity contribution in [2.75, 3.05) is 18.0 Å². The molecule has 3 heteroatoms. The van der Waals surface area contributed by atoms with E-state index in [0.717, 1.165) is 11.3 Å². The maximum absolute atomic E-state index is 9.26. The topological polar surface area (TPSA) is 35.8 Å². The molecule has 0 radical (unpaired) electrons. The van der Waals surface area contributed by atoms with Crippen LogP contribution >= 0.6 is 0 Å². The second-order valence-electron chi connectivity index (χ2n) is 5.51. The van der Waals surface area contributed by atoms with Crippen molar-refractivity contribution in [3.05, 3.63) is 53.6 Å². The Morgan fingerprint density at radius 3 is 2.43 bits per heavy atom. The van der Waals surface area contributed by atoms with Crippen molar-refractivity contribution < 1.29 is 5.11 Å². The van der Waals surface area contributed by atoms with E-state index in [4.69, 9.17) is 0 Å². The third-order valence-electron chi connectivity index (χ3n) is 3.88. The Balaban J connectivity index is 1.77. The van der Waals surface area contributed by atoms with Gasteiger partial charge < -0.3 is 10.0 Å². The lowest BCUT2D eigenvalue weighted by atomic mass is 10.1. The maximum Gasteiger partial charge on any atom is 0.115 e. The van der Waals surface area contributed by atoms with Gasteiger partial charge in [-0.15, -0.1) is 0 Å². The Bertz CT molecular complexity index is 641. The molecule has 0 aliphatic carbocycles. The molecule has 0 aromatic heterocycles. The number of phenols is 1. The summed E-state index contributed by atoms with van der Waals surface area (Å²) in [4.78, 5) is 6.89. The van der Waals surface area contributed by atoms with Crippen molar-refractivity contribution in [1.29, 1.82) is 0 Å². The number of aliphatic imine (C=N–C) groups is 1. The normalized spacial score (nSPS) is 15.0. The van der Waals surface area contributed by atoms with Crippen LogP contribution in [0.4, 0.5) is 11.4 Å². The van der Waals surface area contributed by atoms with E-state index in [1.165, 1.54) is 37.2 Å². The van der Waals surface area contributed by atoms with Crippen LogP contribution in [0.15, 0.2) is 47.5 Å². The molecule has 108 valence electrons. The highest BCUT2D eigenvalue weighted by Gasteiger charge is 2.13. The van der Waals surface area contributed by atoms with Crippen molar-refractivity contribution in [2.45, 2.75) is 19.8 Å². The fourth-order valence-electron chi connectivity index (χ4n) is 2.76. The summed E-state index contributed by atoms with van der Waals surface area (Å²) in [6.45, 7) is 4.50. The molecule has 0 unspecified atom stereocenters. The van der Waals surface area contributed by atoms with Gasteiger partial charge in [0.15, 0.2) is 0 Å². The Hall–Kier alpha value is -2.29. The minimum Gasteiger partial charge on any atom is -0.508 e. The molecule has 1 saturated heterocycles. The SMILES string of the molecule is Cc1cc(C=Nc2ccc(O)cc2)ccc1N1CCCC1. The molecule has 2 aromatic carbocycles. The van der Waals surface area contributed by atoms with Crippen molar-refractivity contribution in [1.82, 2.24) is 0 Å². The number of hydrogen-bond donors (Lipinski definition) is 1. The number of nitrogens with zero attached hydrogens (tertiary/aromatic N) is 2. The molecular weight excluding hydrogens is 260 g/mol. The Kier molecular flexibility index (Phi) is 3.91. The standard InChI is InChI=1S/C18H20N2O/c1-14-12-15(4-9-18(14)20-10-2-3-11-20)13-19-16-5-7-17(21)8-6-16/h4-9,12-13,21H,2-3,10-11H2,1H3. The molecule has 0 atom stereocenters. The molecule has 21 heavy (non-hydrogen) atoms. The zero-order chi connectivity index (χ0) is 14.7. The third-order valence-corrected chi connectivity index (χ3v) is 3.88. The fraction of sp³-hybridized carbons (Fsp3) is 0.278. The van der Waals surface area contributed by atoms with E-state index in [9.17, 15) is 5.11 Å². The molecule has 1 aliphatic rings. The van der Waals surface area contributed by atoms with Gasteiger partial charge in [-0.05, 0) is 67.3 Å². The summed E-state index contributed by atoms with van der Waals surface area (Å²) in [5.74, 6) is 0.264. The number of rotatable bonds is 3. The number of hydrogen-bond acceptors (Lipinski definition) is 3. The van der Waals surface area contributed by atoms with Gasteiger partial charge in [0.1, 0.15) is 5.75 Å². The second-order valence-corrected chi connectivity index (χ2v) is 5.51. The predicted molar refractivity (Wildman–Crippen MR) is 88.0 cm³/mol. The van der Waals surface area contributed by atoms with Crippen LogP contribution in [0.3, 0.4) is 0 Å². The number of phenolic OH excluding ortho intramolecular Hbond substituents is 1. The summed E-state index contributed by atoms with van der Waals surface area (Å²) in [7, 11) is 0. The van der Waals surface area contributed by atoms with Crippen LogP contribution in [0.5, 0.6) is 5.75 Å². The first-order valence-corrected chi connectivity index (χ1v) is 7.41. The zero-order valence-electron chi connectivity index (χ0n) is 12.3. The van der Waals surface area contributed by atoms with Gasteiger partial charge in [-0.3, -0.25) is 4.99 Å². The van der Waals surface area contributed by atoms with Gasteiger partial charge in [0.2, 0.25) is 0 Å². The number of benzene rings is 2. The molecule has 0 bridgehead atoms. The highest BCUT2D eigenvalue weighted by atomic mass is 16.3. The van der Waals surface area contributed by atoms with E-state index in [0.29, 0.717) is 0 Å². The Labute approximate surface area is 125 Å². The molecule has 3 rings (SSSR count). The minimum atomic E-state index is 0.264. The molecule has 0 spiro atoms. The smallest absolute Gasteiger partial charge is 0.115 e. The summed E-state index contributed by atoms with van der Waals surface area (Å²) in [6.07, 6.45) is 4.46. The van der Waals surface area contributed by atoms with E-state index in [1.807, 2.05) is 6.21 Å². The van der Waals surface area contributed by atoms with Gasteiger partial charge in [-0.1, -0.05) is 6.07 Å². The van der Waals surface area contributed by atoms with Crippen molar-refractivity contribution >= 4 is 17.6 Å². The van der Waals surface area contributed by atoms with Gasteiger partial charge in [-0.2, -0.15) is 0 Å². The molecule has 3 nitrogen and oxygen atoms in total. The van der Waals surface area contributed by atoms with Crippen molar-refractivity contribution in [2.24, 2.45) is 4.99 Å². The number of aryl methyl sites for hydroxylation is 1. The average molecular weight is 280 g/mol. The molecule has 1 fully saturated rings. The molecule has 0 amide bonds. The van der Waals surface area contributed by atoms with Crippen LogP contribution in [0.2, 0.25) is 0 Å². The largest absolute Gasteiger partial charge is 0.508 e. The van der Waals surface area contributed by atoms with E-state index < -0.39 is 0 Å². The third kappa shape index (κ3) is 3.24. The summed E-state index contributed by atoms with van der Waals surface area (Å²) < 4.78 is 0. The predicted octanol–water partition coefficient (Wildman–Crippen LogP) is 4.05. The maximum atomic E-state index is 9.26. The van der Waals surface area contributed by atoms with E-state index in [2.05, 4.69) is 35.0 Å². The van der Waals surface area contributed by atoms with Gasteiger partial charge in [0.05, 0.1) is 5.69 Å². The number of anilines is 1. The first kappa shape index (κ1) is 13.7. The Morgan fingerprint density at radius 1 is 1.05 bits per heavy atom. The molecular formula is C18H20N2O. The fourth-order valence-corrected chi connectivity index (χ4v) is 2.76. The summed E-state index contributed by atoms with van der Waals surface area (Å²) in [5.41, 5.74) is 4.58. The van der Waals surface area contributed by atoms with Crippen LogP contribution in [0, 0.1) is 6.92 Å². The van der Waals surface area contributed by atoms with Crippen LogP contribution < -0.4 is 4.90 Å². The molecule has 1 aliphatic heterocycles. The molecule has 0 saturated carbocycles. The van der Waals surface area contributed by atoms with Gasteiger partial charge in [0.25, 0.3) is 0 Å². The second kappa shape index (κ2) is 6.00. The van der Waals surface area contributed by atoms with Crippen molar-refractivity contribution in [3.8, 4) is 5.75 Å².